The normalized spacial score (nSPS) is 15.5. The molecule has 0 radical (unpaired) electrons. The molecule has 0 atom stereocenters. The first-order chi connectivity index (χ1) is 9.04. The van der Waals surface area contributed by atoms with E-state index in [1.54, 1.807) is 17.0 Å². The molecule has 0 bridgehead atoms. The molecule has 7 heteroatoms. The van der Waals surface area contributed by atoms with Gasteiger partial charge >= 0.3 is 6.18 Å². The molecule has 1 saturated carbocycles. The summed E-state index contributed by atoms with van der Waals surface area (Å²) in [6.45, 7) is 0. The zero-order valence-corrected chi connectivity index (χ0v) is 9.85. The van der Waals surface area contributed by atoms with E-state index >= 15 is 0 Å². The zero-order valence-electron chi connectivity index (χ0n) is 9.85. The molecule has 0 amide bonds. The Hall–Kier alpha value is -2.05. The Bertz CT molecular complexity index is 569. The van der Waals surface area contributed by atoms with E-state index in [4.69, 9.17) is 0 Å². The van der Waals surface area contributed by atoms with Crippen LogP contribution in [0.4, 0.5) is 19.1 Å². The largest absolute Gasteiger partial charge is 0.433 e. The predicted octanol–water partition coefficient (Wildman–Crippen LogP) is 2.86. The number of hydrogen-bond donors (Lipinski definition) is 1. The van der Waals surface area contributed by atoms with Crippen molar-refractivity contribution in [2.75, 3.05) is 5.32 Å². The number of hydrogen-bond acceptors (Lipinski definition) is 3. The Morgan fingerprint density at radius 1 is 1.21 bits per heavy atom. The monoisotopic (exact) mass is 268 g/mol. The molecule has 1 fully saturated rings. The Morgan fingerprint density at radius 2 is 2.00 bits per heavy atom. The maximum absolute atomic E-state index is 12.4. The number of imidazole rings is 1. The minimum Gasteiger partial charge on any atom is -0.353 e. The van der Waals surface area contributed by atoms with E-state index in [1.165, 1.54) is 12.3 Å². The van der Waals surface area contributed by atoms with Crippen LogP contribution in [0.2, 0.25) is 0 Å². The molecule has 0 aromatic carbocycles. The highest BCUT2D eigenvalue weighted by molar-refractivity contribution is 5.42. The van der Waals surface area contributed by atoms with Gasteiger partial charge in [0, 0.05) is 18.4 Å². The molecule has 2 heterocycles. The minimum atomic E-state index is -4.41. The molecule has 0 unspecified atom stereocenters. The van der Waals surface area contributed by atoms with Gasteiger partial charge in [0.25, 0.3) is 0 Å². The van der Waals surface area contributed by atoms with Crippen LogP contribution in [0.1, 0.15) is 18.5 Å². The van der Waals surface area contributed by atoms with Gasteiger partial charge in [0.15, 0.2) is 0 Å². The van der Waals surface area contributed by atoms with E-state index in [2.05, 4.69) is 15.3 Å². The van der Waals surface area contributed by atoms with Crippen molar-refractivity contribution in [1.82, 2.24) is 14.5 Å². The molecule has 19 heavy (non-hydrogen) atoms. The van der Waals surface area contributed by atoms with Crippen molar-refractivity contribution in [1.29, 1.82) is 0 Å². The van der Waals surface area contributed by atoms with Crippen molar-refractivity contribution in [3.63, 3.8) is 0 Å². The lowest BCUT2D eigenvalue weighted by Crippen LogP contribution is -2.10. The van der Waals surface area contributed by atoms with Crippen LogP contribution >= 0.6 is 0 Å². The van der Waals surface area contributed by atoms with Gasteiger partial charge in [0.1, 0.15) is 5.69 Å². The quantitative estimate of drug-likeness (QED) is 0.930. The Kier molecular flexibility index (Phi) is 2.69. The highest BCUT2D eigenvalue weighted by Crippen LogP contribution is 2.28. The summed E-state index contributed by atoms with van der Waals surface area (Å²) in [5.41, 5.74) is -0.346. The molecule has 4 nitrogen and oxygen atoms in total. The van der Waals surface area contributed by atoms with Crippen molar-refractivity contribution >= 4 is 5.95 Å². The Labute approximate surface area is 107 Å². The zero-order chi connectivity index (χ0) is 13.5. The van der Waals surface area contributed by atoms with Crippen LogP contribution in [0, 0.1) is 0 Å². The summed E-state index contributed by atoms with van der Waals surface area (Å²) >= 11 is 0. The van der Waals surface area contributed by atoms with Crippen LogP contribution in [-0.4, -0.2) is 20.6 Å². The van der Waals surface area contributed by atoms with Crippen LogP contribution in [-0.2, 0) is 6.18 Å². The van der Waals surface area contributed by atoms with Crippen LogP contribution in [0.15, 0.2) is 30.7 Å². The van der Waals surface area contributed by atoms with Crippen molar-refractivity contribution in [3.8, 4) is 5.69 Å². The summed E-state index contributed by atoms with van der Waals surface area (Å²) in [5.74, 6) is 0.629. The summed E-state index contributed by atoms with van der Waals surface area (Å²) in [7, 11) is 0. The van der Waals surface area contributed by atoms with Gasteiger partial charge in [-0.25, -0.2) is 9.97 Å². The van der Waals surface area contributed by atoms with Crippen LogP contribution in [0.3, 0.4) is 0 Å². The first kappa shape index (κ1) is 12.0. The molecule has 1 N–H and O–H groups in total. The van der Waals surface area contributed by atoms with Gasteiger partial charge in [-0.15, -0.1) is 0 Å². The number of pyridine rings is 1. The van der Waals surface area contributed by atoms with Gasteiger partial charge in [-0.05, 0) is 25.0 Å². The van der Waals surface area contributed by atoms with Gasteiger partial charge in [0.05, 0.1) is 11.9 Å². The SMILES string of the molecule is FC(F)(F)c1ccc(-n2ccnc2NC2CC2)cn1. The number of alkyl halides is 3. The Morgan fingerprint density at radius 3 is 2.58 bits per heavy atom. The molecule has 100 valence electrons. The minimum absolute atomic E-state index is 0.420. The number of nitrogens with zero attached hydrogens (tertiary/aromatic N) is 3. The van der Waals surface area contributed by atoms with Crippen LogP contribution in [0.5, 0.6) is 0 Å². The molecular weight excluding hydrogens is 257 g/mol. The number of nitrogens with one attached hydrogen (secondary N) is 1. The standard InChI is InChI=1S/C12H11F3N4/c13-12(14,15)10-4-3-9(7-17-10)19-6-5-16-11(19)18-8-1-2-8/h3-8H,1-2H2,(H,16,18). The van der Waals surface area contributed by atoms with Crippen molar-refractivity contribution in [2.24, 2.45) is 0 Å². The van der Waals surface area contributed by atoms with E-state index in [-0.39, 0.29) is 0 Å². The number of aromatic nitrogens is 3. The lowest BCUT2D eigenvalue weighted by atomic mass is 10.3. The highest BCUT2D eigenvalue weighted by atomic mass is 19.4. The third-order valence-electron chi connectivity index (χ3n) is 2.87. The van der Waals surface area contributed by atoms with E-state index in [9.17, 15) is 13.2 Å². The van der Waals surface area contributed by atoms with E-state index in [1.807, 2.05) is 0 Å². The van der Waals surface area contributed by atoms with Gasteiger partial charge in [-0.1, -0.05) is 0 Å². The fraction of sp³-hybridized carbons (Fsp3) is 0.333. The maximum Gasteiger partial charge on any atom is 0.433 e. The first-order valence-corrected chi connectivity index (χ1v) is 5.87. The first-order valence-electron chi connectivity index (χ1n) is 5.87. The topological polar surface area (TPSA) is 42.7 Å². The summed E-state index contributed by atoms with van der Waals surface area (Å²) in [4.78, 5) is 7.59. The Balaban J connectivity index is 1.87. The molecule has 0 aliphatic heterocycles. The van der Waals surface area contributed by atoms with Crippen LogP contribution < -0.4 is 5.32 Å². The van der Waals surface area contributed by atoms with Gasteiger partial charge in [-0.2, -0.15) is 13.2 Å². The molecule has 2 aromatic heterocycles. The smallest absolute Gasteiger partial charge is 0.353 e. The lowest BCUT2D eigenvalue weighted by Gasteiger charge is -2.10. The number of halogens is 3. The average Bonchev–Trinajstić information content (AvgIpc) is 3.05. The van der Waals surface area contributed by atoms with E-state index in [0.29, 0.717) is 17.7 Å². The van der Waals surface area contributed by atoms with E-state index < -0.39 is 11.9 Å². The average molecular weight is 268 g/mol. The summed E-state index contributed by atoms with van der Waals surface area (Å²) in [5, 5.41) is 3.21. The van der Waals surface area contributed by atoms with Crippen molar-refractivity contribution in [3.05, 3.63) is 36.4 Å². The maximum atomic E-state index is 12.4. The van der Waals surface area contributed by atoms with Crippen molar-refractivity contribution < 1.29 is 13.2 Å². The molecule has 1 aliphatic rings. The second-order valence-corrected chi connectivity index (χ2v) is 4.44. The second-order valence-electron chi connectivity index (χ2n) is 4.44. The number of rotatable bonds is 3. The summed E-state index contributed by atoms with van der Waals surface area (Å²) < 4.78 is 39.0. The molecule has 3 rings (SSSR count). The van der Waals surface area contributed by atoms with Crippen molar-refractivity contribution in [2.45, 2.75) is 25.1 Å². The molecule has 1 aliphatic carbocycles. The van der Waals surface area contributed by atoms with Gasteiger partial charge in [-0.3, -0.25) is 4.57 Å². The third kappa shape index (κ3) is 2.54. The molecule has 0 saturated heterocycles. The molecular formula is C12H11F3N4. The fourth-order valence-electron chi connectivity index (χ4n) is 1.73. The molecule has 2 aromatic rings. The lowest BCUT2D eigenvalue weighted by molar-refractivity contribution is -0.141. The van der Waals surface area contributed by atoms with Crippen LogP contribution in [0.25, 0.3) is 5.69 Å². The summed E-state index contributed by atoms with van der Waals surface area (Å²) in [6, 6.07) is 2.77. The third-order valence-corrected chi connectivity index (χ3v) is 2.87. The van der Waals surface area contributed by atoms with E-state index in [0.717, 1.165) is 18.9 Å². The molecule has 0 spiro atoms. The van der Waals surface area contributed by atoms with Gasteiger partial charge in [0.2, 0.25) is 5.95 Å². The number of anilines is 1. The predicted molar refractivity (Wildman–Crippen MR) is 63.0 cm³/mol. The second kappa shape index (κ2) is 4.25. The highest BCUT2D eigenvalue weighted by Gasteiger charge is 2.32. The summed E-state index contributed by atoms with van der Waals surface area (Å²) in [6.07, 6.45) is 2.26. The fourth-order valence-corrected chi connectivity index (χ4v) is 1.73. The van der Waals surface area contributed by atoms with Gasteiger partial charge < -0.3 is 5.32 Å².